The van der Waals surface area contributed by atoms with Crippen LogP contribution in [-0.2, 0) is 0 Å². The van der Waals surface area contributed by atoms with Crippen molar-refractivity contribution in [1.82, 2.24) is 0 Å². The van der Waals surface area contributed by atoms with E-state index in [1.807, 2.05) is 0 Å². The zero-order valence-electron chi connectivity index (χ0n) is 8.42. The first-order chi connectivity index (χ1) is 6.31. The van der Waals surface area contributed by atoms with Crippen LogP contribution in [0.1, 0.15) is 19.3 Å². The zero-order chi connectivity index (χ0) is 9.15. The summed E-state index contributed by atoms with van der Waals surface area (Å²) in [6.45, 7) is 0. The summed E-state index contributed by atoms with van der Waals surface area (Å²) in [5.74, 6) is 0. The van der Waals surface area contributed by atoms with Crippen LogP contribution in [0.25, 0.3) is 0 Å². The fraction of sp³-hybridized carbons (Fsp3) is 0.500. The molecule has 1 aromatic carbocycles. The molecule has 0 N–H and O–H groups in total. The molecule has 0 amide bonds. The molecular formula is C12H18Sn. The van der Waals surface area contributed by atoms with E-state index < -0.39 is 18.4 Å². The minimum atomic E-state index is -1.77. The molecule has 70 valence electrons. The molecule has 13 heavy (non-hydrogen) atoms. The SMILES string of the molecule is [CH3][Sn]1([c]2ccccc2)[CH2]CCC[CH2]1. The second-order valence-corrected chi connectivity index (χ2v) is 17.9. The Balaban J connectivity index is 2.23. The fourth-order valence-corrected chi connectivity index (χ4v) is 13.6. The first-order valence-corrected chi connectivity index (χ1v) is 13.7. The Hall–Kier alpha value is 0.0187. The van der Waals surface area contributed by atoms with Crippen LogP contribution in [0.4, 0.5) is 0 Å². The van der Waals surface area contributed by atoms with Crippen molar-refractivity contribution in [1.29, 1.82) is 0 Å². The Morgan fingerprint density at radius 2 is 1.54 bits per heavy atom. The molecule has 0 unspecified atom stereocenters. The summed E-state index contributed by atoms with van der Waals surface area (Å²) in [6, 6.07) is 11.3. The summed E-state index contributed by atoms with van der Waals surface area (Å²) < 4.78 is 4.91. The topological polar surface area (TPSA) is 0 Å². The van der Waals surface area contributed by atoms with Crippen molar-refractivity contribution in [3.63, 3.8) is 0 Å². The molecule has 1 heterocycles. The Labute approximate surface area is 85.2 Å². The van der Waals surface area contributed by atoms with Gasteiger partial charge in [-0.05, 0) is 0 Å². The summed E-state index contributed by atoms with van der Waals surface area (Å²) >= 11 is -1.77. The molecule has 2 rings (SSSR count). The van der Waals surface area contributed by atoms with Crippen molar-refractivity contribution >= 4 is 22.0 Å². The molecule has 0 saturated carbocycles. The molecular weight excluding hydrogens is 263 g/mol. The van der Waals surface area contributed by atoms with Gasteiger partial charge in [-0.3, -0.25) is 0 Å². The van der Waals surface area contributed by atoms with E-state index in [0.29, 0.717) is 0 Å². The van der Waals surface area contributed by atoms with Crippen LogP contribution in [0.2, 0.25) is 13.8 Å². The predicted octanol–water partition coefficient (Wildman–Crippen LogP) is 3.16. The summed E-state index contributed by atoms with van der Waals surface area (Å²) in [7, 11) is 0. The third kappa shape index (κ3) is 2.09. The van der Waals surface area contributed by atoms with Crippen molar-refractivity contribution in [2.75, 3.05) is 0 Å². The van der Waals surface area contributed by atoms with Gasteiger partial charge in [-0.2, -0.15) is 0 Å². The number of hydrogen-bond acceptors (Lipinski definition) is 0. The van der Waals surface area contributed by atoms with Crippen molar-refractivity contribution in [3.8, 4) is 0 Å². The summed E-state index contributed by atoms with van der Waals surface area (Å²) in [4.78, 5) is 2.63. The van der Waals surface area contributed by atoms with Gasteiger partial charge in [-0.15, -0.1) is 0 Å². The molecule has 1 heteroatoms. The maximum atomic E-state index is 2.63. The van der Waals surface area contributed by atoms with Crippen molar-refractivity contribution in [3.05, 3.63) is 30.3 Å². The molecule has 1 aromatic rings. The van der Waals surface area contributed by atoms with Gasteiger partial charge < -0.3 is 0 Å². The van der Waals surface area contributed by atoms with Crippen LogP contribution < -0.4 is 3.58 Å². The maximum absolute atomic E-state index is 2.63. The van der Waals surface area contributed by atoms with E-state index in [1.165, 1.54) is 19.3 Å². The average Bonchev–Trinajstić information content (AvgIpc) is 2.20. The van der Waals surface area contributed by atoms with Crippen molar-refractivity contribution in [2.45, 2.75) is 33.1 Å². The molecule has 1 saturated heterocycles. The van der Waals surface area contributed by atoms with Gasteiger partial charge in [0.1, 0.15) is 0 Å². The van der Waals surface area contributed by atoms with E-state index >= 15 is 0 Å². The van der Waals surface area contributed by atoms with Gasteiger partial charge in [0, 0.05) is 0 Å². The first kappa shape index (κ1) is 9.57. The average molecular weight is 281 g/mol. The van der Waals surface area contributed by atoms with Crippen LogP contribution in [0.15, 0.2) is 30.3 Å². The van der Waals surface area contributed by atoms with Crippen molar-refractivity contribution < 1.29 is 0 Å². The van der Waals surface area contributed by atoms with Crippen LogP contribution >= 0.6 is 0 Å². The Bertz CT molecular complexity index is 260. The Morgan fingerprint density at radius 3 is 2.15 bits per heavy atom. The Kier molecular flexibility index (Phi) is 2.97. The summed E-state index contributed by atoms with van der Waals surface area (Å²) in [5, 5.41) is 0. The van der Waals surface area contributed by atoms with E-state index in [2.05, 4.69) is 35.3 Å². The van der Waals surface area contributed by atoms with Gasteiger partial charge >= 0.3 is 85.4 Å². The standard InChI is InChI=1S/C6H5.C5H10.CH3.Sn/c1-2-4-6-5-3-1;1-3-5-4-2;;/h1-5H;1-5H2;1H3;. The number of rotatable bonds is 1. The van der Waals surface area contributed by atoms with Gasteiger partial charge in [-0.1, -0.05) is 0 Å². The third-order valence-corrected chi connectivity index (χ3v) is 16.7. The van der Waals surface area contributed by atoms with Crippen LogP contribution in [0.5, 0.6) is 0 Å². The van der Waals surface area contributed by atoms with Gasteiger partial charge in [0.05, 0.1) is 0 Å². The van der Waals surface area contributed by atoms with Crippen LogP contribution in [0, 0.1) is 0 Å². The van der Waals surface area contributed by atoms with E-state index in [1.54, 1.807) is 12.5 Å². The third-order valence-electron chi connectivity index (χ3n) is 3.43. The monoisotopic (exact) mass is 282 g/mol. The molecule has 0 atom stereocenters. The normalized spacial score (nSPS) is 21.3. The number of hydrogen-bond donors (Lipinski definition) is 0. The van der Waals surface area contributed by atoms with E-state index in [-0.39, 0.29) is 0 Å². The molecule has 0 radical (unpaired) electrons. The molecule has 0 aromatic heterocycles. The van der Waals surface area contributed by atoms with Gasteiger partial charge in [0.25, 0.3) is 0 Å². The Morgan fingerprint density at radius 1 is 0.923 bits per heavy atom. The molecule has 0 nitrogen and oxygen atoms in total. The quantitative estimate of drug-likeness (QED) is 0.694. The van der Waals surface area contributed by atoms with E-state index in [0.717, 1.165) is 0 Å². The van der Waals surface area contributed by atoms with Gasteiger partial charge in [0.15, 0.2) is 0 Å². The van der Waals surface area contributed by atoms with E-state index in [9.17, 15) is 0 Å². The fourth-order valence-electron chi connectivity index (χ4n) is 2.46. The molecule has 1 aliphatic heterocycles. The van der Waals surface area contributed by atoms with E-state index in [4.69, 9.17) is 0 Å². The predicted molar refractivity (Wildman–Crippen MR) is 61.2 cm³/mol. The molecule has 0 aliphatic carbocycles. The zero-order valence-corrected chi connectivity index (χ0v) is 11.3. The summed E-state index contributed by atoms with van der Waals surface area (Å²) in [5.41, 5.74) is 0. The first-order valence-electron chi connectivity index (χ1n) is 5.37. The number of benzene rings is 1. The molecule has 1 aliphatic rings. The minimum absolute atomic E-state index is 1.49. The molecule has 0 spiro atoms. The van der Waals surface area contributed by atoms with Crippen LogP contribution in [0.3, 0.4) is 0 Å². The summed E-state index contributed by atoms with van der Waals surface area (Å²) in [6.07, 6.45) is 4.49. The van der Waals surface area contributed by atoms with Crippen LogP contribution in [-0.4, -0.2) is 18.4 Å². The molecule has 0 bridgehead atoms. The second kappa shape index (κ2) is 4.03. The molecule has 1 fully saturated rings. The van der Waals surface area contributed by atoms with Gasteiger partial charge in [-0.25, -0.2) is 0 Å². The van der Waals surface area contributed by atoms with Crippen molar-refractivity contribution in [2.24, 2.45) is 0 Å². The second-order valence-electron chi connectivity index (χ2n) is 4.49. The van der Waals surface area contributed by atoms with Gasteiger partial charge in [0.2, 0.25) is 0 Å².